The molecule has 0 aliphatic carbocycles. The van der Waals surface area contributed by atoms with Crippen molar-refractivity contribution in [2.24, 2.45) is 0 Å². The number of alkyl halides is 3. The summed E-state index contributed by atoms with van der Waals surface area (Å²) in [6, 6.07) is 3.95. The number of halogens is 3. The van der Waals surface area contributed by atoms with Crippen molar-refractivity contribution in [1.82, 2.24) is 25.6 Å². The molecule has 3 rings (SSSR count). The molecule has 0 radical (unpaired) electrons. The first-order valence-corrected chi connectivity index (χ1v) is 6.56. The van der Waals surface area contributed by atoms with Crippen LogP contribution in [-0.4, -0.2) is 35.6 Å². The second-order valence-corrected chi connectivity index (χ2v) is 4.82. The van der Waals surface area contributed by atoms with Crippen molar-refractivity contribution in [3.05, 3.63) is 46.3 Å². The molecule has 25 heavy (non-hydrogen) atoms. The summed E-state index contributed by atoms with van der Waals surface area (Å²) in [5, 5.41) is 33.6. The lowest BCUT2D eigenvalue weighted by molar-refractivity contribution is -0.385. The van der Waals surface area contributed by atoms with Crippen LogP contribution in [0.3, 0.4) is 0 Å². The number of aromatic nitrogens is 5. The molecule has 0 saturated heterocycles. The highest BCUT2D eigenvalue weighted by Crippen LogP contribution is 2.39. The number of tetrazole rings is 1. The van der Waals surface area contributed by atoms with Gasteiger partial charge in [-0.1, -0.05) is 6.07 Å². The first kappa shape index (κ1) is 16.3. The molecule has 0 aliphatic heterocycles. The van der Waals surface area contributed by atoms with E-state index in [0.29, 0.717) is 0 Å². The molecule has 0 spiro atoms. The molecule has 0 bridgehead atoms. The zero-order chi connectivity index (χ0) is 18.2. The van der Waals surface area contributed by atoms with Gasteiger partial charge in [-0.3, -0.25) is 15.1 Å². The maximum absolute atomic E-state index is 12.6. The van der Waals surface area contributed by atoms with Gasteiger partial charge in [-0.05, 0) is 28.1 Å². The van der Waals surface area contributed by atoms with Gasteiger partial charge in [0, 0.05) is 23.4 Å². The minimum absolute atomic E-state index is 0.0398. The Morgan fingerprint density at radius 1 is 1.20 bits per heavy atom. The average Bonchev–Trinajstić information content (AvgIpc) is 3.08. The number of pyridine rings is 1. The summed E-state index contributed by atoms with van der Waals surface area (Å²) in [6.45, 7) is 0. The predicted octanol–water partition coefficient (Wildman–Crippen LogP) is 2.56. The zero-order valence-electron chi connectivity index (χ0n) is 12.0. The van der Waals surface area contributed by atoms with Gasteiger partial charge in [-0.25, -0.2) is 5.10 Å². The number of hydrogen-bond donors (Lipinski definition) is 2. The summed E-state index contributed by atoms with van der Waals surface area (Å²) in [5.41, 5.74) is -1.22. The fourth-order valence-corrected chi connectivity index (χ4v) is 2.15. The molecule has 0 atom stereocenters. The summed E-state index contributed by atoms with van der Waals surface area (Å²) >= 11 is 0. The Morgan fingerprint density at radius 2 is 1.96 bits per heavy atom. The molecule has 1 aromatic carbocycles. The van der Waals surface area contributed by atoms with Crippen LogP contribution in [0.2, 0.25) is 0 Å². The summed E-state index contributed by atoms with van der Waals surface area (Å²) in [4.78, 5) is 13.5. The van der Waals surface area contributed by atoms with Crippen LogP contribution < -0.4 is 0 Å². The molecule has 2 N–H and O–H groups in total. The van der Waals surface area contributed by atoms with Crippen LogP contribution in [0.1, 0.15) is 5.69 Å². The molecule has 0 fully saturated rings. The normalized spacial score (nSPS) is 11.5. The van der Waals surface area contributed by atoms with E-state index in [0.717, 1.165) is 30.5 Å². The number of phenols is 1. The van der Waals surface area contributed by atoms with Crippen LogP contribution in [0, 0.1) is 10.1 Å². The van der Waals surface area contributed by atoms with E-state index in [-0.39, 0.29) is 22.5 Å². The molecule has 12 heteroatoms. The van der Waals surface area contributed by atoms with Crippen molar-refractivity contribution < 1.29 is 23.2 Å². The highest BCUT2D eigenvalue weighted by Gasteiger charge is 2.32. The van der Waals surface area contributed by atoms with E-state index in [9.17, 15) is 28.4 Å². The second-order valence-electron chi connectivity index (χ2n) is 4.82. The SMILES string of the molecule is O=[N+]([O-])c1cc(-c2nnn[nH]2)c(-c2ccc(C(F)(F)F)nc2)cc1O. The Labute approximate surface area is 136 Å². The van der Waals surface area contributed by atoms with Gasteiger partial charge < -0.3 is 5.11 Å². The number of nitro benzene ring substituents is 1. The largest absolute Gasteiger partial charge is 0.502 e. The van der Waals surface area contributed by atoms with Gasteiger partial charge in [0.2, 0.25) is 0 Å². The summed E-state index contributed by atoms with van der Waals surface area (Å²) in [5.74, 6) is -0.617. The van der Waals surface area contributed by atoms with E-state index in [2.05, 4.69) is 25.6 Å². The van der Waals surface area contributed by atoms with Gasteiger partial charge in [0.25, 0.3) is 0 Å². The Morgan fingerprint density at radius 3 is 2.48 bits per heavy atom. The summed E-state index contributed by atoms with van der Waals surface area (Å²) < 4.78 is 37.9. The van der Waals surface area contributed by atoms with Gasteiger partial charge in [-0.15, -0.1) is 5.10 Å². The third-order valence-electron chi connectivity index (χ3n) is 3.28. The number of aromatic amines is 1. The van der Waals surface area contributed by atoms with Crippen molar-refractivity contribution in [2.75, 3.05) is 0 Å². The average molecular weight is 352 g/mol. The quantitative estimate of drug-likeness (QED) is 0.547. The van der Waals surface area contributed by atoms with Crippen LogP contribution in [0.15, 0.2) is 30.5 Å². The van der Waals surface area contributed by atoms with Crippen molar-refractivity contribution in [2.45, 2.75) is 6.18 Å². The lowest BCUT2D eigenvalue weighted by Crippen LogP contribution is -2.07. The maximum atomic E-state index is 12.6. The number of phenolic OH excluding ortho intramolecular Hbond substituents is 1. The van der Waals surface area contributed by atoms with Crippen molar-refractivity contribution in [3.8, 4) is 28.3 Å². The number of rotatable bonds is 3. The van der Waals surface area contributed by atoms with Crippen LogP contribution in [0.4, 0.5) is 18.9 Å². The Kier molecular flexibility index (Phi) is 3.79. The van der Waals surface area contributed by atoms with E-state index in [1.54, 1.807) is 0 Å². The molecular weight excluding hydrogens is 345 g/mol. The number of aromatic hydroxyl groups is 1. The second kappa shape index (κ2) is 5.81. The van der Waals surface area contributed by atoms with Gasteiger partial charge in [0.05, 0.1) is 4.92 Å². The number of benzene rings is 1. The van der Waals surface area contributed by atoms with Crippen molar-refractivity contribution in [3.63, 3.8) is 0 Å². The van der Waals surface area contributed by atoms with E-state index in [1.807, 2.05) is 0 Å². The Hall–Kier alpha value is -3.57. The topological polar surface area (TPSA) is 131 Å². The maximum Gasteiger partial charge on any atom is 0.433 e. The van der Waals surface area contributed by atoms with E-state index in [4.69, 9.17) is 0 Å². The van der Waals surface area contributed by atoms with Gasteiger partial charge in [-0.2, -0.15) is 13.2 Å². The van der Waals surface area contributed by atoms with Gasteiger partial charge in [0.1, 0.15) is 5.69 Å². The van der Waals surface area contributed by atoms with Crippen LogP contribution >= 0.6 is 0 Å². The van der Waals surface area contributed by atoms with Crippen LogP contribution in [-0.2, 0) is 6.18 Å². The fourth-order valence-electron chi connectivity index (χ4n) is 2.15. The zero-order valence-corrected chi connectivity index (χ0v) is 12.0. The molecule has 0 amide bonds. The van der Waals surface area contributed by atoms with Crippen molar-refractivity contribution in [1.29, 1.82) is 0 Å². The molecule has 2 heterocycles. The Bertz CT molecular complexity index is 925. The highest BCUT2D eigenvalue weighted by atomic mass is 19.4. The molecule has 2 aromatic heterocycles. The molecule has 9 nitrogen and oxygen atoms in total. The van der Waals surface area contributed by atoms with E-state index < -0.39 is 28.2 Å². The predicted molar refractivity (Wildman–Crippen MR) is 76.2 cm³/mol. The number of nitro groups is 1. The number of H-pyrrole nitrogens is 1. The fraction of sp³-hybridized carbons (Fsp3) is 0.0769. The molecule has 3 aromatic rings. The van der Waals surface area contributed by atoms with Gasteiger partial charge in [0.15, 0.2) is 11.6 Å². The van der Waals surface area contributed by atoms with Gasteiger partial charge >= 0.3 is 11.9 Å². The first-order valence-electron chi connectivity index (χ1n) is 6.56. The minimum Gasteiger partial charge on any atom is -0.502 e. The summed E-state index contributed by atoms with van der Waals surface area (Å²) in [7, 11) is 0. The lowest BCUT2D eigenvalue weighted by atomic mass is 9.99. The van der Waals surface area contributed by atoms with Crippen LogP contribution in [0.25, 0.3) is 22.5 Å². The molecule has 0 saturated carbocycles. The number of nitrogens with zero attached hydrogens (tertiary/aromatic N) is 5. The third-order valence-corrected chi connectivity index (χ3v) is 3.28. The van der Waals surface area contributed by atoms with E-state index >= 15 is 0 Å². The molecule has 128 valence electrons. The smallest absolute Gasteiger partial charge is 0.433 e. The van der Waals surface area contributed by atoms with E-state index in [1.165, 1.54) is 0 Å². The summed E-state index contributed by atoms with van der Waals surface area (Å²) in [6.07, 6.45) is -3.66. The minimum atomic E-state index is -4.60. The van der Waals surface area contributed by atoms with Crippen LogP contribution in [0.5, 0.6) is 5.75 Å². The standard InChI is InChI=1S/C13H7F3N6O3/c14-13(15,16)11-2-1-6(5-17-11)7-4-10(23)9(22(24)25)3-8(7)12-18-20-21-19-12/h1-5,23H,(H,18,19,20,21). The van der Waals surface area contributed by atoms with Crippen molar-refractivity contribution >= 4 is 5.69 Å². The monoisotopic (exact) mass is 352 g/mol. The highest BCUT2D eigenvalue weighted by molar-refractivity contribution is 5.83. The molecule has 0 aliphatic rings. The Balaban J connectivity index is 2.18. The molecule has 0 unspecified atom stereocenters. The number of hydrogen-bond acceptors (Lipinski definition) is 7. The first-order chi connectivity index (χ1) is 11.8. The third kappa shape index (κ3) is 3.08. The molecular formula is C13H7F3N6O3. The lowest BCUT2D eigenvalue weighted by Gasteiger charge is -2.10. The number of nitrogens with one attached hydrogen (secondary N) is 1.